The Hall–Kier alpha value is -3.36. The molecule has 2 amide bonds. The van der Waals surface area contributed by atoms with E-state index in [9.17, 15) is 18.0 Å². The van der Waals surface area contributed by atoms with Crippen molar-refractivity contribution in [3.8, 4) is 0 Å². The number of carbonyl (C=O) groups is 2. The molecule has 1 fully saturated rings. The van der Waals surface area contributed by atoms with Crippen molar-refractivity contribution in [2.45, 2.75) is 63.1 Å². The molecule has 0 bridgehead atoms. The Balaban J connectivity index is 1.69. The number of hydrogen-bond acceptors (Lipinski definition) is 4. The summed E-state index contributed by atoms with van der Waals surface area (Å²) < 4.78 is 28.6. The molecule has 0 aliphatic heterocycles. The Morgan fingerprint density at radius 2 is 1.64 bits per heavy atom. The number of hydrogen-bond donors (Lipinski definition) is 1. The molecule has 1 aliphatic rings. The van der Waals surface area contributed by atoms with Crippen molar-refractivity contribution in [1.29, 1.82) is 0 Å². The predicted molar refractivity (Wildman–Crippen MR) is 154 cm³/mol. The Bertz CT molecular complexity index is 1410. The molecule has 7 nitrogen and oxygen atoms in total. The van der Waals surface area contributed by atoms with Gasteiger partial charge in [-0.2, -0.15) is 0 Å². The second kappa shape index (κ2) is 12.7. The smallest absolute Gasteiger partial charge is 0.264 e. The Morgan fingerprint density at radius 1 is 0.974 bits per heavy atom. The minimum absolute atomic E-state index is 0.0512. The molecule has 206 valence electrons. The van der Waals surface area contributed by atoms with E-state index in [4.69, 9.17) is 11.6 Å². The van der Waals surface area contributed by atoms with Gasteiger partial charge >= 0.3 is 0 Å². The average Bonchev–Trinajstić information content (AvgIpc) is 3.44. The molecule has 9 heteroatoms. The van der Waals surface area contributed by atoms with Gasteiger partial charge in [0, 0.05) is 17.6 Å². The molecule has 0 unspecified atom stereocenters. The molecule has 1 N–H and O–H groups in total. The van der Waals surface area contributed by atoms with Crippen LogP contribution in [0.4, 0.5) is 5.69 Å². The quantitative estimate of drug-likeness (QED) is 0.359. The van der Waals surface area contributed by atoms with Gasteiger partial charge in [0.2, 0.25) is 11.8 Å². The van der Waals surface area contributed by atoms with E-state index in [1.165, 1.54) is 23.1 Å². The molecule has 3 aromatic carbocycles. The van der Waals surface area contributed by atoms with E-state index in [0.717, 1.165) is 41.1 Å². The van der Waals surface area contributed by atoms with Gasteiger partial charge in [0.05, 0.1) is 10.6 Å². The molecular weight excluding hydrogens is 534 g/mol. The van der Waals surface area contributed by atoms with Crippen molar-refractivity contribution in [2.75, 3.05) is 10.8 Å². The van der Waals surface area contributed by atoms with Gasteiger partial charge in [-0.15, -0.1) is 0 Å². The summed E-state index contributed by atoms with van der Waals surface area (Å²) in [5.74, 6) is -0.740. The van der Waals surface area contributed by atoms with E-state index >= 15 is 0 Å². The summed E-state index contributed by atoms with van der Waals surface area (Å²) in [6, 6.07) is 21.3. The lowest BCUT2D eigenvalue weighted by Crippen LogP contribution is -2.52. The zero-order chi connectivity index (χ0) is 28.0. The van der Waals surface area contributed by atoms with E-state index in [1.54, 1.807) is 43.3 Å². The number of nitrogens with one attached hydrogen (secondary N) is 1. The SMILES string of the molecule is Cc1ccccc1CN(C(=O)CN(c1cccc(Cl)c1)S(=O)(=O)c1ccccc1)[C@@H](C)C(=O)NC1CCCC1. The number of anilines is 1. The maximum atomic E-state index is 14.0. The van der Waals surface area contributed by atoms with Gasteiger partial charge in [-0.05, 0) is 68.1 Å². The summed E-state index contributed by atoms with van der Waals surface area (Å²) >= 11 is 6.21. The van der Waals surface area contributed by atoms with Crippen LogP contribution in [0.5, 0.6) is 0 Å². The first-order valence-electron chi connectivity index (χ1n) is 13.1. The maximum Gasteiger partial charge on any atom is 0.264 e. The normalized spacial score (nSPS) is 14.5. The van der Waals surface area contributed by atoms with Crippen LogP contribution >= 0.6 is 11.6 Å². The first kappa shape index (κ1) is 28.6. The highest BCUT2D eigenvalue weighted by Crippen LogP contribution is 2.27. The van der Waals surface area contributed by atoms with Crippen LogP contribution < -0.4 is 9.62 Å². The van der Waals surface area contributed by atoms with Crippen LogP contribution in [0.1, 0.15) is 43.7 Å². The molecule has 0 aromatic heterocycles. The summed E-state index contributed by atoms with van der Waals surface area (Å²) in [6.45, 7) is 3.30. The molecular formula is C30H34ClN3O4S. The molecule has 0 heterocycles. The topological polar surface area (TPSA) is 86.8 Å². The predicted octanol–water partition coefficient (Wildman–Crippen LogP) is 5.32. The standard InChI is InChI=1S/C30H34ClN3O4S/c1-22-11-6-7-12-24(22)20-33(23(2)30(36)32-26-14-8-9-15-26)29(35)21-34(27-16-10-13-25(31)19-27)39(37,38)28-17-4-3-5-18-28/h3-7,10-13,16-19,23,26H,8-9,14-15,20-21H2,1-2H3,(H,32,36)/t23-/m0/s1. The van der Waals surface area contributed by atoms with Gasteiger partial charge in [-0.25, -0.2) is 8.42 Å². The van der Waals surface area contributed by atoms with Crippen LogP contribution in [0, 0.1) is 6.92 Å². The third-order valence-electron chi connectivity index (χ3n) is 7.18. The van der Waals surface area contributed by atoms with E-state index in [-0.39, 0.29) is 29.1 Å². The van der Waals surface area contributed by atoms with Crippen molar-refractivity contribution in [3.05, 3.63) is 95.0 Å². The fraction of sp³-hybridized carbons (Fsp3) is 0.333. The number of aryl methyl sites for hydroxylation is 1. The zero-order valence-electron chi connectivity index (χ0n) is 22.2. The number of nitrogens with zero attached hydrogens (tertiary/aromatic N) is 2. The van der Waals surface area contributed by atoms with Crippen molar-refractivity contribution >= 4 is 39.1 Å². The lowest BCUT2D eigenvalue weighted by atomic mass is 10.1. The Kier molecular flexibility index (Phi) is 9.30. The molecule has 0 radical (unpaired) electrons. The van der Waals surface area contributed by atoms with Crippen molar-refractivity contribution in [2.24, 2.45) is 0 Å². The summed E-state index contributed by atoms with van der Waals surface area (Å²) in [6.07, 6.45) is 3.97. The molecule has 3 aromatic rings. The zero-order valence-corrected chi connectivity index (χ0v) is 23.8. The molecule has 1 atom stereocenters. The molecule has 1 aliphatic carbocycles. The lowest BCUT2D eigenvalue weighted by molar-refractivity contribution is -0.139. The van der Waals surface area contributed by atoms with Crippen LogP contribution in [0.25, 0.3) is 0 Å². The molecule has 0 spiro atoms. The number of sulfonamides is 1. The number of benzene rings is 3. The van der Waals surface area contributed by atoms with Crippen LogP contribution in [0.2, 0.25) is 5.02 Å². The van der Waals surface area contributed by atoms with E-state index < -0.39 is 28.5 Å². The maximum absolute atomic E-state index is 14.0. The largest absolute Gasteiger partial charge is 0.352 e. The lowest BCUT2D eigenvalue weighted by Gasteiger charge is -2.33. The van der Waals surface area contributed by atoms with Crippen LogP contribution in [0.3, 0.4) is 0 Å². The Morgan fingerprint density at radius 3 is 2.31 bits per heavy atom. The second-order valence-corrected chi connectivity index (χ2v) is 12.2. The molecule has 0 saturated heterocycles. The minimum Gasteiger partial charge on any atom is -0.352 e. The first-order chi connectivity index (χ1) is 18.7. The van der Waals surface area contributed by atoms with Gasteiger partial charge in [0.25, 0.3) is 10.0 Å². The van der Waals surface area contributed by atoms with Crippen molar-refractivity contribution in [3.63, 3.8) is 0 Å². The number of amides is 2. The van der Waals surface area contributed by atoms with E-state index in [1.807, 2.05) is 31.2 Å². The molecule has 39 heavy (non-hydrogen) atoms. The van der Waals surface area contributed by atoms with Gasteiger partial charge < -0.3 is 10.2 Å². The molecule has 1 saturated carbocycles. The Labute approximate surface area is 235 Å². The number of rotatable bonds is 10. The fourth-order valence-corrected chi connectivity index (χ4v) is 6.44. The van der Waals surface area contributed by atoms with Gasteiger partial charge in [0.15, 0.2) is 0 Å². The van der Waals surface area contributed by atoms with Crippen LogP contribution in [-0.4, -0.2) is 43.8 Å². The van der Waals surface area contributed by atoms with Crippen LogP contribution in [-0.2, 0) is 26.2 Å². The highest BCUT2D eigenvalue weighted by molar-refractivity contribution is 7.92. The van der Waals surface area contributed by atoms with E-state index in [0.29, 0.717) is 5.02 Å². The average molecular weight is 568 g/mol. The van der Waals surface area contributed by atoms with Crippen molar-refractivity contribution < 1.29 is 18.0 Å². The fourth-order valence-electron chi connectivity index (χ4n) is 4.83. The number of halogens is 1. The van der Waals surface area contributed by atoms with Gasteiger partial charge in [0.1, 0.15) is 12.6 Å². The second-order valence-electron chi connectivity index (χ2n) is 9.92. The summed E-state index contributed by atoms with van der Waals surface area (Å²) in [5.41, 5.74) is 2.12. The minimum atomic E-state index is -4.12. The summed E-state index contributed by atoms with van der Waals surface area (Å²) in [5, 5.41) is 3.42. The third-order valence-corrected chi connectivity index (χ3v) is 9.20. The monoisotopic (exact) mass is 567 g/mol. The third kappa shape index (κ3) is 6.99. The summed E-state index contributed by atoms with van der Waals surface area (Å²) in [7, 11) is -4.12. The molecule has 4 rings (SSSR count). The first-order valence-corrected chi connectivity index (χ1v) is 15.0. The summed E-state index contributed by atoms with van der Waals surface area (Å²) in [4.78, 5) is 28.8. The van der Waals surface area contributed by atoms with E-state index in [2.05, 4.69) is 5.32 Å². The highest BCUT2D eigenvalue weighted by Gasteiger charge is 2.33. The highest BCUT2D eigenvalue weighted by atomic mass is 35.5. The van der Waals surface area contributed by atoms with Gasteiger partial charge in [-0.3, -0.25) is 13.9 Å². The van der Waals surface area contributed by atoms with Crippen LogP contribution in [0.15, 0.2) is 83.8 Å². The van der Waals surface area contributed by atoms with Crippen molar-refractivity contribution in [1.82, 2.24) is 10.2 Å². The van der Waals surface area contributed by atoms with Gasteiger partial charge in [-0.1, -0.05) is 73.0 Å². The number of carbonyl (C=O) groups excluding carboxylic acids is 2.